The maximum absolute atomic E-state index is 12.8. The molecular formula is C21H22N2O4S. The molecule has 0 N–H and O–H groups in total. The third-order valence-corrected chi connectivity index (χ3v) is 5.09. The molecule has 0 spiro atoms. The minimum atomic E-state index is -0.412. The summed E-state index contributed by atoms with van der Waals surface area (Å²) >= 11 is 1.37. The van der Waals surface area contributed by atoms with Crippen molar-refractivity contribution in [1.82, 2.24) is 4.57 Å². The van der Waals surface area contributed by atoms with Gasteiger partial charge in [0.15, 0.2) is 4.80 Å². The van der Waals surface area contributed by atoms with Crippen molar-refractivity contribution < 1.29 is 19.1 Å². The second-order valence-electron chi connectivity index (χ2n) is 6.09. The number of hydrogen-bond donors (Lipinski definition) is 0. The molecule has 0 aliphatic rings. The van der Waals surface area contributed by atoms with Gasteiger partial charge in [-0.1, -0.05) is 29.5 Å². The number of fused-ring (bicyclic) bond motifs is 1. The lowest BCUT2D eigenvalue weighted by molar-refractivity contribution is -0.143. The van der Waals surface area contributed by atoms with Gasteiger partial charge in [0.2, 0.25) is 0 Å². The molecule has 1 amide bonds. The van der Waals surface area contributed by atoms with Gasteiger partial charge in [-0.25, -0.2) is 0 Å². The number of carbonyl (C=O) groups excluding carboxylic acids is 2. The fourth-order valence-electron chi connectivity index (χ4n) is 2.83. The number of amides is 1. The van der Waals surface area contributed by atoms with Crippen molar-refractivity contribution in [2.45, 2.75) is 27.3 Å². The highest BCUT2D eigenvalue weighted by molar-refractivity contribution is 7.16. The van der Waals surface area contributed by atoms with E-state index in [1.54, 1.807) is 29.7 Å². The molecule has 0 aliphatic heterocycles. The number of thiazole rings is 1. The number of carbonyl (C=O) groups is 2. The van der Waals surface area contributed by atoms with Crippen LogP contribution in [-0.4, -0.2) is 29.7 Å². The van der Waals surface area contributed by atoms with Gasteiger partial charge < -0.3 is 14.0 Å². The summed E-state index contributed by atoms with van der Waals surface area (Å²) in [7, 11) is 0. The summed E-state index contributed by atoms with van der Waals surface area (Å²) in [6, 6.07) is 12.9. The molecule has 3 rings (SSSR count). The smallest absolute Gasteiger partial charge is 0.326 e. The number of benzene rings is 2. The van der Waals surface area contributed by atoms with Crippen LogP contribution in [0.4, 0.5) is 0 Å². The van der Waals surface area contributed by atoms with E-state index in [0.717, 1.165) is 15.8 Å². The molecule has 3 aromatic rings. The van der Waals surface area contributed by atoms with Crippen LogP contribution >= 0.6 is 11.3 Å². The minimum absolute atomic E-state index is 0.00385. The lowest BCUT2D eigenvalue weighted by Gasteiger charge is -2.07. The number of nitrogens with zero attached hydrogens (tertiary/aromatic N) is 2. The van der Waals surface area contributed by atoms with Crippen molar-refractivity contribution in [1.29, 1.82) is 0 Å². The van der Waals surface area contributed by atoms with Crippen LogP contribution in [0, 0.1) is 6.92 Å². The maximum atomic E-state index is 12.8. The van der Waals surface area contributed by atoms with Gasteiger partial charge in [0.1, 0.15) is 12.3 Å². The second kappa shape index (κ2) is 8.84. The molecule has 0 atom stereocenters. The van der Waals surface area contributed by atoms with Crippen LogP contribution in [0.3, 0.4) is 0 Å². The Labute approximate surface area is 167 Å². The lowest BCUT2D eigenvalue weighted by Crippen LogP contribution is -2.23. The molecule has 0 aliphatic carbocycles. The van der Waals surface area contributed by atoms with Gasteiger partial charge in [-0.15, -0.1) is 0 Å². The quantitative estimate of drug-likeness (QED) is 0.594. The molecule has 146 valence electrons. The zero-order valence-corrected chi connectivity index (χ0v) is 16.9. The Morgan fingerprint density at radius 1 is 1.11 bits per heavy atom. The van der Waals surface area contributed by atoms with Crippen LogP contribution in [0.1, 0.15) is 29.8 Å². The monoisotopic (exact) mass is 398 g/mol. The van der Waals surface area contributed by atoms with E-state index < -0.39 is 5.91 Å². The van der Waals surface area contributed by atoms with E-state index in [1.165, 1.54) is 11.3 Å². The molecule has 0 bridgehead atoms. The largest absolute Gasteiger partial charge is 0.493 e. The van der Waals surface area contributed by atoms with E-state index in [2.05, 4.69) is 4.99 Å². The predicted molar refractivity (Wildman–Crippen MR) is 109 cm³/mol. The number of hydrogen-bond acceptors (Lipinski definition) is 5. The SMILES string of the molecule is CCOC(=O)Cn1c(=NC(=O)c2ccccc2OCC)sc2cc(C)ccc21. The summed E-state index contributed by atoms with van der Waals surface area (Å²) in [5.74, 6) is -0.288. The number of ether oxygens (including phenoxy) is 2. The Bertz CT molecular complexity index is 1080. The molecule has 2 aromatic carbocycles. The average Bonchev–Trinajstić information content (AvgIpc) is 2.98. The lowest BCUT2D eigenvalue weighted by atomic mass is 10.2. The number of rotatable bonds is 6. The van der Waals surface area contributed by atoms with Crippen LogP contribution in [0.5, 0.6) is 5.75 Å². The summed E-state index contributed by atoms with van der Waals surface area (Å²) in [5.41, 5.74) is 2.32. The molecule has 0 saturated carbocycles. The Hall–Kier alpha value is -2.93. The first-order chi connectivity index (χ1) is 13.5. The van der Waals surface area contributed by atoms with Crippen molar-refractivity contribution in [2.75, 3.05) is 13.2 Å². The highest BCUT2D eigenvalue weighted by Gasteiger charge is 2.15. The third-order valence-electron chi connectivity index (χ3n) is 4.05. The highest BCUT2D eigenvalue weighted by atomic mass is 32.1. The number of aryl methyl sites for hydroxylation is 1. The number of esters is 1. The summed E-state index contributed by atoms with van der Waals surface area (Å²) in [6.45, 7) is 6.37. The van der Waals surface area contributed by atoms with Crippen LogP contribution in [-0.2, 0) is 16.1 Å². The molecule has 6 nitrogen and oxygen atoms in total. The van der Waals surface area contributed by atoms with E-state index in [1.807, 2.05) is 38.1 Å². The second-order valence-corrected chi connectivity index (χ2v) is 7.10. The predicted octanol–water partition coefficient (Wildman–Crippen LogP) is 3.71. The topological polar surface area (TPSA) is 69.9 Å². The van der Waals surface area contributed by atoms with Gasteiger partial charge in [0.25, 0.3) is 5.91 Å². The first-order valence-corrected chi connectivity index (χ1v) is 9.91. The van der Waals surface area contributed by atoms with Crippen molar-refractivity contribution in [3.05, 3.63) is 58.4 Å². The molecule has 28 heavy (non-hydrogen) atoms. The first kappa shape index (κ1) is 19.8. The van der Waals surface area contributed by atoms with E-state index in [4.69, 9.17) is 9.47 Å². The molecule has 0 saturated heterocycles. The molecule has 7 heteroatoms. The van der Waals surface area contributed by atoms with Crippen molar-refractivity contribution in [3.8, 4) is 5.75 Å². The average molecular weight is 398 g/mol. The molecule has 1 aromatic heterocycles. The molecule has 0 fully saturated rings. The molecule has 0 radical (unpaired) electrons. The Kier molecular flexibility index (Phi) is 6.26. The van der Waals surface area contributed by atoms with E-state index >= 15 is 0 Å². The number of para-hydroxylation sites is 1. The standard InChI is InChI=1S/C21H22N2O4S/c1-4-26-17-9-7-6-8-15(17)20(25)22-21-23(13-19(24)27-5-2)16-11-10-14(3)12-18(16)28-21/h6-12H,4-5,13H2,1-3H3. The highest BCUT2D eigenvalue weighted by Crippen LogP contribution is 2.21. The fraction of sp³-hybridized carbons (Fsp3) is 0.286. The normalized spacial score (nSPS) is 11.6. The summed E-state index contributed by atoms with van der Waals surface area (Å²) in [5, 5.41) is 0. The Morgan fingerprint density at radius 3 is 2.64 bits per heavy atom. The van der Waals surface area contributed by atoms with Gasteiger partial charge in [-0.05, 0) is 50.6 Å². The zero-order chi connectivity index (χ0) is 20.1. The van der Waals surface area contributed by atoms with Gasteiger partial charge in [0, 0.05) is 0 Å². The van der Waals surface area contributed by atoms with Crippen molar-refractivity contribution in [3.63, 3.8) is 0 Å². The molecule has 1 heterocycles. The van der Waals surface area contributed by atoms with Crippen molar-refractivity contribution in [2.24, 2.45) is 4.99 Å². The first-order valence-electron chi connectivity index (χ1n) is 9.10. The van der Waals surface area contributed by atoms with Gasteiger partial charge >= 0.3 is 5.97 Å². The van der Waals surface area contributed by atoms with Crippen LogP contribution in [0.25, 0.3) is 10.2 Å². The van der Waals surface area contributed by atoms with Crippen LogP contribution in [0.2, 0.25) is 0 Å². The molecule has 0 unspecified atom stereocenters. The van der Waals surface area contributed by atoms with Gasteiger partial charge in [0.05, 0.1) is 29.0 Å². The van der Waals surface area contributed by atoms with E-state index in [0.29, 0.717) is 29.3 Å². The van der Waals surface area contributed by atoms with E-state index in [-0.39, 0.29) is 12.5 Å². The zero-order valence-electron chi connectivity index (χ0n) is 16.1. The van der Waals surface area contributed by atoms with E-state index in [9.17, 15) is 9.59 Å². The maximum Gasteiger partial charge on any atom is 0.326 e. The fourth-order valence-corrected chi connectivity index (χ4v) is 3.95. The summed E-state index contributed by atoms with van der Waals surface area (Å²) in [4.78, 5) is 29.7. The Morgan fingerprint density at radius 2 is 1.89 bits per heavy atom. The van der Waals surface area contributed by atoms with Gasteiger partial charge in [-0.3, -0.25) is 9.59 Å². The molecular weight excluding hydrogens is 376 g/mol. The third kappa shape index (κ3) is 4.31. The summed E-state index contributed by atoms with van der Waals surface area (Å²) < 4.78 is 13.3. The number of aromatic nitrogens is 1. The summed E-state index contributed by atoms with van der Waals surface area (Å²) in [6.07, 6.45) is 0. The Balaban J connectivity index is 2.10. The minimum Gasteiger partial charge on any atom is -0.493 e. The van der Waals surface area contributed by atoms with Gasteiger partial charge in [-0.2, -0.15) is 4.99 Å². The van der Waals surface area contributed by atoms with Crippen LogP contribution in [0.15, 0.2) is 47.5 Å². The van der Waals surface area contributed by atoms with Crippen LogP contribution < -0.4 is 9.54 Å². The van der Waals surface area contributed by atoms with Crippen molar-refractivity contribution >= 4 is 33.4 Å².